The summed E-state index contributed by atoms with van der Waals surface area (Å²) in [4.78, 5) is 12.5. The number of halogens is 2. The van der Waals surface area contributed by atoms with Crippen molar-refractivity contribution >= 4 is 29.1 Å². The first-order chi connectivity index (χ1) is 13.5. The molecule has 0 aromatic heterocycles. The number of nitrogens with zero attached hydrogens (tertiary/aromatic N) is 2. The molecule has 150 valence electrons. The third-order valence-electron chi connectivity index (χ3n) is 6.02. The number of benzene rings is 1. The van der Waals surface area contributed by atoms with Crippen molar-refractivity contribution in [1.82, 2.24) is 10.6 Å². The van der Waals surface area contributed by atoms with Crippen LogP contribution in [0.3, 0.4) is 0 Å². The molecule has 28 heavy (non-hydrogen) atoms. The number of hydrogen-bond acceptors (Lipinski definition) is 3. The normalized spacial score (nSPS) is 27.2. The van der Waals surface area contributed by atoms with Crippen molar-refractivity contribution in [3.63, 3.8) is 0 Å². The molecule has 2 N–H and O–H groups in total. The molecule has 2 aliphatic carbocycles. The highest BCUT2D eigenvalue weighted by atomic mass is 35.5. The Bertz CT molecular complexity index is 811. The molecule has 4 rings (SSSR count). The number of hydrogen-bond donors (Lipinski definition) is 2. The van der Waals surface area contributed by atoms with Crippen molar-refractivity contribution in [2.75, 3.05) is 13.6 Å². The van der Waals surface area contributed by atoms with Crippen LogP contribution < -0.4 is 10.6 Å². The van der Waals surface area contributed by atoms with E-state index in [1.807, 2.05) is 11.7 Å². The first kappa shape index (κ1) is 19.7. The first-order valence-electron chi connectivity index (χ1n) is 10.2. The summed E-state index contributed by atoms with van der Waals surface area (Å²) in [5.74, 6) is 2.38. The van der Waals surface area contributed by atoms with Crippen LogP contribution in [0, 0.1) is 11.8 Å². The third kappa shape index (κ3) is 4.69. The molecule has 1 aliphatic heterocycles. The smallest absolute Gasteiger partial charge is 0.292 e. The SMILES string of the molecule is C[N+]1=NC(C2CC2)C=C1NCC1CCC(NC(=O)c2cc(Cl)ccc2Cl)CC1. The lowest BCUT2D eigenvalue weighted by atomic mass is 9.86. The molecular formula is C21H27Cl2N4O+. The lowest BCUT2D eigenvalue weighted by molar-refractivity contribution is -0.518. The summed E-state index contributed by atoms with van der Waals surface area (Å²) in [6.45, 7) is 0.962. The molecule has 1 aromatic rings. The van der Waals surface area contributed by atoms with Crippen LogP contribution >= 0.6 is 23.2 Å². The highest BCUT2D eigenvalue weighted by Gasteiger charge is 2.36. The van der Waals surface area contributed by atoms with Crippen molar-refractivity contribution in [1.29, 1.82) is 0 Å². The zero-order valence-corrected chi connectivity index (χ0v) is 17.6. The van der Waals surface area contributed by atoms with Crippen LogP contribution in [0.2, 0.25) is 10.0 Å². The Morgan fingerprint density at radius 3 is 2.64 bits per heavy atom. The van der Waals surface area contributed by atoms with Gasteiger partial charge in [0, 0.05) is 17.1 Å². The summed E-state index contributed by atoms with van der Waals surface area (Å²) in [5.41, 5.74) is 0.447. The van der Waals surface area contributed by atoms with Gasteiger partial charge >= 0.3 is 0 Å². The monoisotopic (exact) mass is 421 g/mol. The topological polar surface area (TPSA) is 56.5 Å². The van der Waals surface area contributed by atoms with Crippen LogP contribution in [-0.4, -0.2) is 36.3 Å². The number of azo groups is 2. The summed E-state index contributed by atoms with van der Waals surface area (Å²) < 4.78 is 1.99. The molecular weight excluding hydrogens is 395 g/mol. The Hall–Kier alpha value is -1.59. The maximum absolute atomic E-state index is 12.5. The van der Waals surface area contributed by atoms with Crippen molar-refractivity contribution in [2.45, 2.75) is 50.6 Å². The molecule has 3 aliphatic rings. The molecule has 1 atom stereocenters. The van der Waals surface area contributed by atoms with Gasteiger partial charge in [0.2, 0.25) is 0 Å². The Labute approximate surface area is 176 Å². The van der Waals surface area contributed by atoms with Crippen LogP contribution in [0.25, 0.3) is 0 Å². The van der Waals surface area contributed by atoms with Crippen molar-refractivity contribution < 1.29 is 9.49 Å². The van der Waals surface area contributed by atoms with E-state index in [2.05, 4.69) is 16.7 Å². The van der Waals surface area contributed by atoms with Gasteiger partial charge in [-0.2, -0.15) is 0 Å². The van der Waals surface area contributed by atoms with Gasteiger partial charge in [0.1, 0.15) is 13.1 Å². The average Bonchev–Trinajstić information content (AvgIpc) is 3.46. The highest BCUT2D eigenvalue weighted by molar-refractivity contribution is 6.35. The van der Waals surface area contributed by atoms with Gasteiger partial charge in [0.15, 0.2) is 0 Å². The minimum Gasteiger partial charge on any atom is -0.349 e. The summed E-state index contributed by atoms with van der Waals surface area (Å²) in [7, 11) is 2.02. The Balaban J connectivity index is 1.23. The second kappa shape index (κ2) is 8.42. The summed E-state index contributed by atoms with van der Waals surface area (Å²) in [6.07, 6.45) is 9.06. The van der Waals surface area contributed by atoms with Crippen LogP contribution in [0.4, 0.5) is 0 Å². The summed E-state index contributed by atoms with van der Waals surface area (Å²) in [6, 6.07) is 5.55. The largest absolute Gasteiger partial charge is 0.349 e. The molecule has 1 aromatic carbocycles. The Morgan fingerprint density at radius 1 is 1.18 bits per heavy atom. The maximum Gasteiger partial charge on any atom is 0.292 e. The number of nitrogens with one attached hydrogen (secondary N) is 2. The predicted octanol–water partition coefficient (Wildman–Crippen LogP) is 4.60. The third-order valence-corrected chi connectivity index (χ3v) is 6.58. The van der Waals surface area contributed by atoms with Gasteiger partial charge in [-0.1, -0.05) is 23.2 Å². The number of carbonyl (C=O) groups excluding carboxylic acids is 1. The summed E-state index contributed by atoms with van der Waals surface area (Å²) in [5, 5.41) is 12.3. The first-order valence-corrected chi connectivity index (χ1v) is 10.9. The van der Waals surface area contributed by atoms with E-state index >= 15 is 0 Å². The van der Waals surface area contributed by atoms with E-state index in [9.17, 15) is 4.79 Å². The molecule has 7 heteroatoms. The fourth-order valence-electron chi connectivity index (χ4n) is 4.10. The number of carbonyl (C=O) groups is 1. The van der Waals surface area contributed by atoms with Gasteiger partial charge in [-0.25, -0.2) is 0 Å². The lowest BCUT2D eigenvalue weighted by Crippen LogP contribution is -2.39. The van der Waals surface area contributed by atoms with Crippen LogP contribution in [0.15, 0.2) is 35.2 Å². The van der Waals surface area contributed by atoms with Crippen LogP contribution in [0.5, 0.6) is 0 Å². The standard InChI is InChI=1S/C21H26Cl2N4O/c1-27-20(11-19(26-27)14-4-5-14)24-12-13-2-7-16(8-3-13)25-21(28)17-10-15(22)6-9-18(17)23/h6,9-11,13-14,16,19,24H,2-5,7-8,12H2,1H3/p+1. The van der Waals surface area contributed by atoms with Crippen LogP contribution in [0.1, 0.15) is 48.9 Å². The van der Waals surface area contributed by atoms with Gasteiger partial charge in [0.25, 0.3) is 11.7 Å². The second-order valence-corrected chi connectivity index (χ2v) is 9.06. The minimum absolute atomic E-state index is 0.139. The average molecular weight is 422 g/mol. The molecule has 1 heterocycles. The van der Waals surface area contributed by atoms with Gasteiger partial charge in [0.05, 0.1) is 17.1 Å². The zero-order chi connectivity index (χ0) is 19.7. The van der Waals surface area contributed by atoms with Gasteiger partial charge in [-0.15, -0.1) is 9.81 Å². The Morgan fingerprint density at radius 2 is 1.93 bits per heavy atom. The van der Waals surface area contributed by atoms with Gasteiger partial charge in [-0.05, 0) is 68.6 Å². The fourth-order valence-corrected chi connectivity index (χ4v) is 4.48. The molecule has 0 bridgehead atoms. The van der Waals surface area contributed by atoms with Gasteiger partial charge in [-0.3, -0.25) is 10.1 Å². The lowest BCUT2D eigenvalue weighted by Gasteiger charge is -2.28. The maximum atomic E-state index is 12.5. The number of rotatable bonds is 6. The quantitative estimate of drug-likeness (QED) is 0.659. The molecule has 0 spiro atoms. The zero-order valence-electron chi connectivity index (χ0n) is 16.1. The fraction of sp³-hybridized carbons (Fsp3) is 0.571. The van der Waals surface area contributed by atoms with Crippen molar-refractivity contribution in [3.8, 4) is 0 Å². The van der Waals surface area contributed by atoms with Crippen LogP contribution in [-0.2, 0) is 0 Å². The van der Waals surface area contributed by atoms with Crippen molar-refractivity contribution in [3.05, 3.63) is 45.7 Å². The van der Waals surface area contributed by atoms with E-state index in [1.54, 1.807) is 18.2 Å². The second-order valence-electron chi connectivity index (χ2n) is 8.22. The minimum atomic E-state index is -0.139. The molecule has 0 saturated heterocycles. The number of amides is 1. The van der Waals surface area contributed by atoms with Crippen molar-refractivity contribution in [2.24, 2.45) is 17.0 Å². The van der Waals surface area contributed by atoms with E-state index < -0.39 is 0 Å². The summed E-state index contributed by atoms with van der Waals surface area (Å²) >= 11 is 12.1. The highest BCUT2D eigenvalue weighted by Crippen LogP contribution is 2.37. The molecule has 5 nitrogen and oxygen atoms in total. The van der Waals surface area contributed by atoms with E-state index in [4.69, 9.17) is 28.3 Å². The predicted molar refractivity (Wildman–Crippen MR) is 111 cm³/mol. The molecule has 2 fully saturated rings. The van der Waals surface area contributed by atoms with E-state index in [0.717, 1.165) is 44.0 Å². The molecule has 0 radical (unpaired) electrons. The molecule has 2 saturated carbocycles. The Kier molecular flexibility index (Phi) is 5.93. The molecule has 1 unspecified atom stereocenters. The van der Waals surface area contributed by atoms with Gasteiger partial charge < -0.3 is 5.32 Å². The molecule has 1 amide bonds. The van der Waals surface area contributed by atoms with E-state index in [1.165, 1.54) is 12.8 Å². The van der Waals surface area contributed by atoms with E-state index in [-0.39, 0.29) is 11.9 Å². The van der Waals surface area contributed by atoms with E-state index in [0.29, 0.717) is 27.6 Å².